The average Bonchev–Trinajstić information content (AvgIpc) is 2.87. The second-order valence-corrected chi connectivity index (χ2v) is 12.1. The number of rotatable bonds is 9. The molecule has 0 aliphatic carbocycles. The minimum Gasteiger partial charge on any atom is -0.370 e. The molecule has 1 atom stereocenters. The zero-order valence-electron chi connectivity index (χ0n) is 20.7. The molecule has 38 heavy (non-hydrogen) atoms. The van der Waals surface area contributed by atoms with Crippen molar-refractivity contribution in [3.05, 3.63) is 58.3 Å². The Bertz CT molecular complexity index is 1190. The van der Waals surface area contributed by atoms with Gasteiger partial charge in [0.2, 0.25) is 15.9 Å². The maximum absolute atomic E-state index is 14.2. The molecule has 13 heteroatoms. The molecule has 3 heterocycles. The fourth-order valence-corrected chi connectivity index (χ4v) is 7.43. The largest absolute Gasteiger partial charge is 0.370 e. The summed E-state index contributed by atoms with van der Waals surface area (Å²) in [4.78, 5) is 20.6. The van der Waals surface area contributed by atoms with E-state index in [2.05, 4.69) is 9.88 Å². The van der Waals surface area contributed by atoms with Crippen LogP contribution in [0, 0.1) is 0 Å². The lowest BCUT2D eigenvalue weighted by atomic mass is 10.0. The van der Waals surface area contributed by atoms with Crippen molar-refractivity contribution in [2.24, 2.45) is 0 Å². The van der Waals surface area contributed by atoms with Crippen molar-refractivity contribution < 1.29 is 26.7 Å². The summed E-state index contributed by atoms with van der Waals surface area (Å²) in [5, 5.41) is -0.187. The molecule has 8 nitrogen and oxygen atoms in total. The van der Waals surface area contributed by atoms with E-state index in [1.165, 1.54) is 18.2 Å². The minimum absolute atomic E-state index is 0.0937. The molecule has 1 amide bonds. The van der Waals surface area contributed by atoms with Gasteiger partial charge in [0.25, 0.3) is 5.92 Å². The molecule has 1 aromatic heterocycles. The van der Waals surface area contributed by atoms with Crippen molar-refractivity contribution >= 4 is 39.1 Å². The summed E-state index contributed by atoms with van der Waals surface area (Å²) in [6, 6.07) is 8.89. The van der Waals surface area contributed by atoms with Crippen molar-refractivity contribution in [2.45, 2.75) is 36.1 Å². The Labute approximate surface area is 231 Å². The third-order valence-electron chi connectivity index (χ3n) is 6.80. The summed E-state index contributed by atoms with van der Waals surface area (Å²) in [6.45, 7) is 2.21. The van der Waals surface area contributed by atoms with Crippen LogP contribution < -0.4 is 0 Å². The quantitative estimate of drug-likeness (QED) is 0.444. The number of amides is 1. The number of carbonyl (C=O) groups excluding carboxylic acids is 1. The molecule has 0 unspecified atom stereocenters. The third kappa shape index (κ3) is 7.19. The van der Waals surface area contributed by atoms with Crippen LogP contribution in [0.4, 0.5) is 8.78 Å². The summed E-state index contributed by atoms with van der Waals surface area (Å²) < 4.78 is 61.7. The molecule has 4 rings (SSSR count). The number of aromatic nitrogens is 1. The normalized spacial score (nSPS) is 20.9. The molecule has 2 aliphatic heterocycles. The van der Waals surface area contributed by atoms with Crippen molar-refractivity contribution in [2.75, 3.05) is 52.5 Å². The molecule has 208 valence electrons. The highest BCUT2D eigenvalue weighted by Crippen LogP contribution is 2.38. The van der Waals surface area contributed by atoms with E-state index in [4.69, 9.17) is 27.9 Å². The SMILES string of the molecule is O=C(COC[C@@H]1CC(F)(F)CCN1S(=O)(=O)c1c(Cl)cccc1Cl)N1CCN(CCc2ccccn2)CC1. The summed E-state index contributed by atoms with van der Waals surface area (Å²) in [5.41, 5.74) is 1.01. The Hall–Kier alpha value is -1.89. The lowest BCUT2D eigenvalue weighted by molar-refractivity contribution is -0.139. The number of piperidine rings is 1. The number of pyridine rings is 1. The number of hydrogen-bond donors (Lipinski definition) is 0. The molecular weight excluding hydrogens is 561 g/mol. The topological polar surface area (TPSA) is 83.0 Å². The summed E-state index contributed by atoms with van der Waals surface area (Å²) >= 11 is 12.2. The first-order valence-corrected chi connectivity index (χ1v) is 14.6. The van der Waals surface area contributed by atoms with Crippen molar-refractivity contribution in [1.29, 1.82) is 0 Å². The van der Waals surface area contributed by atoms with Gasteiger partial charge < -0.3 is 9.64 Å². The van der Waals surface area contributed by atoms with Gasteiger partial charge in [-0.25, -0.2) is 17.2 Å². The van der Waals surface area contributed by atoms with Gasteiger partial charge in [-0.3, -0.25) is 14.7 Å². The van der Waals surface area contributed by atoms with Crippen LogP contribution in [-0.4, -0.2) is 97.9 Å². The molecular formula is C25H30Cl2F2N4O4S. The van der Waals surface area contributed by atoms with Gasteiger partial charge >= 0.3 is 0 Å². The van der Waals surface area contributed by atoms with Gasteiger partial charge in [0.1, 0.15) is 11.5 Å². The highest BCUT2D eigenvalue weighted by atomic mass is 35.5. The van der Waals surface area contributed by atoms with Crippen LogP contribution in [-0.2, 0) is 26.0 Å². The predicted octanol–water partition coefficient (Wildman–Crippen LogP) is 3.58. The molecule has 2 aliphatic rings. The van der Waals surface area contributed by atoms with Gasteiger partial charge in [-0.1, -0.05) is 35.3 Å². The highest BCUT2D eigenvalue weighted by Gasteiger charge is 2.46. The average molecular weight is 592 g/mol. The van der Waals surface area contributed by atoms with E-state index >= 15 is 0 Å². The zero-order chi connectivity index (χ0) is 27.3. The number of alkyl halides is 2. The second-order valence-electron chi connectivity index (χ2n) is 9.44. The Morgan fingerprint density at radius 1 is 1.05 bits per heavy atom. The van der Waals surface area contributed by atoms with Crippen LogP contribution in [0.1, 0.15) is 18.5 Å². The van der Waals surface area contributed by atoms with Crippen LogP contribution in [0.3, 0.4) is 0 Å². The number of ether oxygens (including phenoxy) is 1. The predicted molar refractivity (Wildman–Crippen MR) is 140 cm³/mol. The van der Waals surface area contributed by atoms with Crippen LogP contribution >= 0.6 is 23.2 Å². The molecule has 2 fully saturated rings. The van der Waals surface area contributed by atoms with E-state index in [1.807, 2.05) is 18.2 Å². The summed E-state index contributed by atoms with van der Waals surface area (Å²) in [6.07, 6.45) is 1.23. The monoisotopic (exact) mass is 590 g/mol. The number of hydrogen-bond acceptors (Lipinski definition) is 6. The number of piperazine rings is 1. The van der Waals surface area contributed by atoms with Crippen LogP contribution in [0.25, 0.3) is 0 Å². The van der Waals surface area contributed by atoms with Crippen LogP contribution in [0.15, 0.2) is 47.5 Å². The number of halogens is 4. The number of sulfonamides is 1. The molecule has 0 spiro atoms. The Morgan fingerprint density at radius 3 is 2.42 bits per heavy atom. The number of benzene rings is 1. The van der Waals surface area contributed by atoms with Gasteiger partial charge in [0, 0.05) is 70.4 Å². The van der Waals surface area contributed by atoms with Gasteiger partial charge in [-0.05, 0) is 24.3 Å². The lowest BCUT2D eigenvalue weighted by Gasteiger charge is -2.38. The van der Waals surface area contributed by atoms with Gasteiger partial charge in [-0.2, -0.15) is 4.31 Å². The van der Waals surface area contributed by atoms with Crippen molar-refractivity contribution in [1.82, 2.24) is 19.1 Å². The van der Waals surface area contributed by atoms with E-state index < -0.39 is 41.4 Å². The first kappa shape index (κ1) is 29.1. The maximum atomic E-state index is 14.2. The summed E-state index contributed by atoms with van der Waals surface area (Å²) in [5.74, 6) is -3.32. The van der Waals surface area contributed by atoms with E-state index in [0.717, 1.165) is 23.0 Å². The fraction of sp³-hybridized carbons (Fsp3) is 0.520. The lowest BCUT2D eigenvalue weighted by Crippen LogP contribution is -2.52. The van der Waals surface area contributed by atoms with Gasteiger partial charge in [-0.15, -0.1) is 0 Å². The molecule has 0 radical (unpaired) electrons. The van der Waals surface area contributed by atoms with Crippen molar-refractivity contribution in [3.63, 3.8) is 0 Å². The number of nitrogens with zero attached hydrogens (tertiary/aromatic N) is 4. The smallest absolute Gasteiger partial charge is 0.251 e. The molecule has 2 aromatic rings. The van der Waals surface area contributed by atoms with Crippen LogP contribution in [0.5, 0.6) is 0 Å². The summed E-state index contributed by atoms with van der Waals surface area (Å²) in [7, 11) is -4.27. The highest BCUT2D eigenvalue weighted by molar-refractivity contribution is 7.89. The first-order chi connectivity index (χ1) is 18.1. The van der Waals surface area contributed by atoms with Crippen LogP contribution in [0.2, 0.25) is 10.0 Å². The first-order valence-electron chi connectivity index (χ1n) is 12.4. The minimum atomic E-state index is -4.27. The Kier molecular flexibility index (Phi) is 9.59. The van der Waals surface area contributed by atoms with E-state index in [-0.39, 0.29) is 34.1 Å². The van der Waals surface area contributed by atoms with Gasteiger partial charge in [0.15, 0.2) is 0 Å². The molecule has 1 aromatic carbocycles. The maximum Gasteiger partial charge on any atom is 0.251 e. The second kappa shape index (κ2) is 12.5. The molecule has 0 N–H and O–H groups in total. The Balaban J connectivity index is 1.30. The zero-order valence-corrected chi connectivity index (χ0v) is 23.1. The molecule has 0 bridgehead atoms. The van der Waals surface area contributed by atoms with E-state index in [0.29, 0.717) is 26.2 Å². The fourth-order valence-electron chi connectivity index (χ4n) is 4.72. The van der Waals surface area contributed by atoms with E-state index in [9.17, 15) is 22.0 Å². The molecule has 0 saturated carbocycles. The third-order valence-corrected chi connectivity index (χ3v) is 9.70. The van der Waals surface area contributed by atoms with Crippen molar-refractivity contribution in [3.8, 4) is 0 Å². The standard InChI is InChI=1S/C25H30Cl2F2N4O4S/c26-21-5-3-6-22(27)24(21)38(35,36)33-11-8-25(28,29)16-20(33)17-37-18-23(34)32-14-12-31(13-15-32)10-7-19-4-1-2-9-30-19/h1-6,9,20H,7-8,10-18H2/t20-/m0/s1. The molecule has 2 saturated heterocycles. The Morgan fingerprint density at radius 2 is 1.76 bits per heavy atom. The number of carbonyl (C=O) groups is 1. The van der Waals surface area contributed by atoms with E-state index in [1.54, 1.807) is 11.1 Å². The van der Waals surface area contributed by atoms with Gasteiger partial charge in [0.05, 0.1) is 22.7 Å².